The van der Waals surface area contributed by atoms with Crippen LogP contribution in [0.25, 0.3) is 0 Å². The molecule has 0 unspecified atom stereocenters. The maximum absolute atomic E-state index is 11.6. The van der Waals surface area contributed by atoms with Crippen molar-refractivity contribution in [3.8, 4) is 0 Å². The molecular formula is C49H80O17. The van der Waals surface area contributed by atoms with E-state index in [1.807, 2.05) is 0 Å². The fourth-order valence-corrected chi connectivity index (χ4v) is 14.6. The quantitative estimate of drug-likeness (QED) is 0.134. The molecule has 7 fully saturated rings. The van der Waals surface area contributed by atoms with E-state index in [0.29, 0.717) is 24.2 Å². The van der Waals surface area contributed by atoms with Crippen LogP contribution in [0.15, 0.2) is 23.3 Å². The molecule has 0 aromatic rings. The Balaban J connectivity index is 0.984. The van der Waals surface area contributed by atoms with Gasteiger partial charge in [0.25, 0.3) is 0 Å². The van der Waals surface area contributed by atoms with Crippen LogP contribution >= 0.6 is 0 Å². The van der Waals surface area contributed by atoms with Crippen molar-refractivity contribution in [2.75, 3.05) is 20.3 Å². The van der Waals surface area contributed by atoms with Crippen molar-refractivity contribution in [2.24, 2.45) is 45.3 Å². The number of fused-ring (bicyclic) bond motifs is 5. The van der Waals surface area contributed by atoms with Crippen molar-refractivity contribution >= 4 is 0 Å². The van der Waals surface area contributed by atoms with E-state index in [0.717, 1.165) is 44.9 Å². The summed E-state index contributed by atoms with van der Waals surface area (Å²) >= 11 is 0. The Morgan fingerprint density at radius 3 is 2.06 bits per heavy atom. The molecule has 0 bridgehead atoms. The lowest BCUT2D eigenvalue weighted by Crippen LogP contribution is -2.66. The Morgan fingerprint density at radius 2 is 1.38 bits per heavy atom. The normalized spacial score (nSPS) is 53.6. The van der Waals surface area contributed by atoms with Gasteiger partial charge in [-0.15, -0.1) is 0 Å². The maximum atomic E-state index is 11.6. The summed E-state index contributed by atoms with van der Waals surface area (Å²) in [7, 11) is 1.77. The lowest BCUT2D eigenvalue weighted by atomic mass is 9.41. The molecular weight excluding hydrogens is 861 g/mol. The van der Waals surface area contributed by atoms with Crippen LogP contribution in [0.5, 0.6) is 0 Å². The highest BCUT2D eigenvalue weighted by Gasteiger charge is 2.67. The first-order valence-corrected chi connectivity index (χ1v) is 24.5. The van der Waals surface area contributed by atoms with Gasteiger partial charge in [0.05, 0.1) is 31.5 Å². The lowest BCUT2D eigenvalue weighted by Gasteiger charge is -2.65. The second-order valence-electron chi connectivity index (χ2n) is 22.7. The molecule has 0 aromatic carbocycles. The SMILES string of the molecule is CO[C@@H]1O[C@H](C=C(C)C)C[C@H]1[C@@H]1CC[C@]2(C)C3=CC[C@H]4C(C)(C)[C@@H](O[C@@H]5O[C@H](CO)[C@@H](O)[C@H](O)[C@H]5O[C@@H]5O[C@H](CO[C@@H]6O[C@@H](C)[C@H](O)[C@@H](O)[C@H]6O)[C@@H](O)[C@H](O)[C@H]5O)CC[C@]4(C)[C@H]3CC[C@@]12C. The topological polar surface area (TPSA) is 256 Å². The molecule has 0 radical (unpaired) electrons. The Kier molecular flexibility index (Phi) is 14.8. The van der Waals surface area contributed by atoms with Crippen LogP contribution in [0.4, 0.5) is 0 Å². The second-order valence-corrected chi connectivity index (χ2v) is 22.7. The van der Waals surface area contributed by atoms with E-state index < -0.39 is 117 Å². The van der Waals surface area contributed by atoms with Gasteiger partial charge in [-0.25, -0.2) is 0 Å². The maximum Gasteiger partial charge on any atom is 0.187 e. The molecule has 9 N–H and O–H groups in total. The van der Waals surface area contributed by atoms with Gasteiger partial charge < -0.3 is 83.9 Å². The molecule has 4 aliphatic carbocycles. The summed E-state index contributed by atoms with van der Waals surface area (Å²) in [4.78, 5) is 0. The van der Waals surface area contributed by atoms with Crippen LogP contribution < -0.4 is 0 Å². The third-order valence-electron chi connectivity index (χ3n) is 18.6. The number of allylic oxidation sites excluding steroid dienone is 3. The molecule has 4 heterocycles. The number of aliphatic hydroxyl groups is 9. The molecule has 0 aromatic heterocycles. The number of hydrogen-bond acceptors (Lipinski definition) is 17. The minimum Gasteiger partial charge on any atom is -0.394 e. The molecule has 17 heteroatoms. The first-order chi connectivity index (χ1) is 31.0. The molecule has 0 amide bonds. The van der Waals surface area contributed by atoms with Crippen molar-refractivity contribution in [1.29, 1.82) is 0 Å². The number of ether oxygens (including phenoxy) is 8. The summed E-state index contributed by atoms with van der Waals surface area (Å²) in [6, 6.07) is 0. The molecule has 25 atom stereocenters. The first kappa shape index (κ1) is 51.2. The van der Waals surface area contributed by atoms with Crippen molar-refractivity contribution < 1.29 is 83.9 Å². The van der Waals surface area contributed by atoms with E-state index in [1.54, 1.807) is 12.7 Å². The Morgan fingerprint density at radius 1 is 0.712 bits per heavy atom. The van der Waals surface area contributed by atoms with Crippen molar-refractivity contribution in [3.63, 3.8) is 0 Å². The molecule has 0 spiro atoms. The average molecular weight is 941 g/mol. The van der Waals surface area contributed by atoms with Gasteiger partial charge in [0, 0.05) is 13.0 Å². The number of methoxy groups -OCH3 is 1. The summed E-state index contributed by atoms with van der Waals surface area (Å²) in [5.74, 6) is 1.40. The van der Waals surface area contributed by atoms with E-state index in [9.17, 15) is 46.0 Å². The van der Waals surface area contributed by atoms with Crippen LogP contribution in [0.3, 0.4) is 0 Å². The lowest BCUT2D eigenvalue weighted by molar-refractivity contribution is -0.380. The van der Waals surface area contributed by atoms with Crippen LogP contribution in [0.2, 0.25) is 0 Å². The standard InChI is InChI=1S/C49H80O17/c1-22(2)18-24-19-25(42(59-9)62-24)26-12-16-49(8)28-10-11-31-46(4,5)32(14-15-47(31,6)27(28)13-17-48(26,49)7)65-45-41(38(56)34(52)29(20-50)63-45)66-44-40(58)37(55)35(53)30(64-44)21-60-43-39(57)36(54)33(51)23(3)61-43/h10,18,23-27,29-45,50-58H,11-17,19-21H2,1-9H3/t23-,24+,25-,26-,27-,29+,30+,31-,32-,33-,34+,35+,36+,37-,38-,39+,40+,41+,42+,43+,44-,45-,47+,48-,49+/m0/s1. The first-order valence-electron chi connectivity index (χ1n) is 24.5. The zero-order chi connectivity index (χ0) is 48.0. The average Bonchev–Trinajstić information content (AvgIpc) is 3.80. The van der Waals surface area contributed by atoms with Gasteiger partial charge in [-0.3, -0.25) is 0 Å². The molecule has 17 nitrogen and oxygen atoms in total. The fraction of sp³-hybridized carbons (Fsp3) is 0.918. The van der Waals surface area contributed by atoms with Crippen molar-refractivity contribution in [3.05, 3.63) is 23.3 Å². The summed E-state index contributed by atoms with van der Waals surface area (Å²) < 4.78 is 48.7. The highest BCUT2D eigenvalue weighted by Crippen LogP contribution is 2.74. The van der Waals surface area contributed by atoms with Gasteiger partial charge in [-0.1, -0.05) is 57.9 Å². The number of hydrogen-bond donors (Lipinski definition) is 9. The molecule has 3 saturated carbocycles. The van der Waals surface area contributed by atoms with Crippen molar-refractivity contribution in [2.45, 2.75) is 217 Å². The van der Waals surface area contributed by atoms with Gasteiger partial charge in [0.2, 0.25) is 0 Å². The van der Waals surface area contributed by atoms with E-state index in [1.165, 1.54) is 12.5 Å². The highest BCUT2D eigenvalue weighted by atomic mass is 16.8. The summed E-state index contributed by atoms with van der Waals surface area (Å²) in [6.07, 6.45) is -10.8. The third-order valence-corrected chi connectivity index (χ3v) is 18.6. The molecule has 4 saturated heterocycles. The van der Waals surface area contributed by atoms with Gasteiger partial charge in [0.1, 0.15) is 67.1 Å². The van der Waals surface area contributed by atoms with Crippen LogP contribution in [-0.2, 0) is 37.9 Å². The molecule has 8 aliphatic rings. The predicted octanol–water partition coefficient (Wildman–Crippen LogP) is 1.80. The monoisotopic (exact) mass is 941 g/mol. The molecule has 378 valence electrons. The van der Waals surface area contributed by atoms with Crippen LogP contribution in [-0.4, -0.2) is 177 Å². The second kappa shape index (κ2) is 19.1. The Labute approximate surface area is 389 Å². The van der Waals surface area contributed by atoms with E-state index in [4.69, 9.17) is 37.9 Å². The van der Waals surface area contributed by atoms with E-state index >= 15 is 0 Å². The minimum absolute atomic E-state index is 0.0335. The fourth-order valence-electron chi connectivity index (χ4n) is 14.6. The van der Waals surface area contributed by atoms with Crippen LogP contribution in [0, 0.1) is 45.3 Å². The minimum atomic E-state index is -1.85. The van der Waals surface area contributed by atoms with Crippen LogP contribution in [0.1, 0.15) is 107 Å². The van der Waals surface area contributed by atoms with Gasteiger partial charge >= 0.3 is 0 Å². The summed E-state index contributed by atoms with van der Waals surface area (Å²) in [5, 5.41) is 96.6. The smallest absolute Gasteiger partial charge is 0.187 e. The molecule has 8 rings (SSSR count). The predicted molar refractivity (Wildman–Crippen MR) is 235 cm³/mol. The Hall–Kier alpha value is -1.20. The van der Waals surface area contributed by atoms with Gasteiger partial charge in [-0.05, 0) is 112 Å². The largest absolute Gasteiger partial charge is 0.394 e. The molecule has 4 aliphatic heterocycles. The Bertz CT molecular complexity index is 1760. The number of aliphatic hydroxyl groups excluding tert-OH is 9. The zero-order valence-electron chi connectivity index (χ0n) is 40.2. The van der Waals surface area contributed by atoms with Crippen molar-refractivity contribution in [1.82, 2.24) is 0 Å². The van der Waals surface area contributed by atoms with E-state index in [-0.39, 0.29) is 34.6 Å². The molecule has 66 heavy (non-hydrogen) atoms. The highest BCUT2D eigenvalue weighted by molar-refractivity contribution is 5.33. The number of rotatable bonds is 11. The van der Waals surface area contributed by atoms with Gasteiger partial charge in [-0.2, -0.15) is 0 Å². The van der Waals surface area contributed by atoms with E-state index in [2.05, 4.69) is 60.6 Å². The summed E-state index contributed by atoms with van der Waals surface area (Å²) in [6.45, 7) is 16.5. The zero-order valence-corrected chi connectivity index (χ0v) is 40.2. The summed E-state index contributed by atoms with van der Waals surface area (Å²) in [5.41, 5.74) is 2.52. The van der Waals surface area contributed by atoms with Gasteiger partial charge in [0.15, 0.2) is 25.2 Å². The third kappa shape index (κ3) is 8.52.